The molecule has 1 amide bonds. The molecule has 3 heteroatoms. The first kappa shape index (κ1) is 17.9. The Balaban J connectivity index is 1.23. The quantitative estimate of drug-likeness (QED) is 0.822. The van der Waals surface area contributed by atoms with Crippen LogP contribution in [0.3, 0.4) is 0 Å². The highest BCUT2D eigenvalue weighted by Crippen LogP contribution is 2.44. The highest BCUT2D eigenvalue weighted by Gasteiger charge is 2.45. The van der Waals surface area contributed by atoms with Gasteiger partial charge in [0.15, 0.2) is 0 Å². The van der Waals surface area contributed by atoms with E-state index < -0.39 is 0 Å². The van der Waals surface area contributed by atoms with Crippen LogP contribution in [0.5, 0.6) is 0 Å². The number of amides is 1. The summed E-state index contributed by atoms with van der Waals surface area (Å²) < 4.78 is 0. The molecular weight excluding hydrogens is 344 g/mol. The minimum atomic E-state index is 0.0436. The number of likely N-dealkylation sites (tertiary alicyclic amines) is 1. The number of carbonyl (C=O) groups excluding carboxylic acids is 1. The van der Waals surface area contributed by atoms with E-state index in [-0.39, 0.29) is 11.8 Å². The van der Waals surface area contributed by atoms with Crippen molar-refractivity contribution in [2.45, 2.75) is 44.2 Å². The van der Waals surface area contributed by atoms with E-state index in [0.717, 1.165) is 25.4 Å². The Labute approximate surface area is 168 Å². The second kappa shape index (κ2) is 7.71. The third-order valence-electron chi connectivity index (χ3n) is 7.04. The molecule has 0 spiro atoms. The second-order valence-electron chi connectivity index (χ2n) is 9.02. The Kier molecular flexibility index (Phi) is 4.94. The maximum atomic E-state index is 13.2. The molecule has 4 atom stereocenters. The lowest BCUT2D eigenvalue weighted by Crippen LogP contribution is -2.42. The predicted octanol–water partition coefficient (Wildman–Crippen LogP) is 4.21. The van der Waals surface area contributed by atoms with Crippen LogP contribution in [0.2, 0.25) is 0 Å². The molecule has 3 nitrogen and oxygen atoms in total. The molecule has 0 aromatic heterocycles. The molecule has 3 aliphatic rings. The number of hydrogen-bond acceptors (Lipinski definition) is 2. The van der Waals surface area contributed by atoms with Gasteiger partial charge in [-0.3, -0.25) is 9.69 Å². The van der Waals surface area contributed by atoms with E-state index in [4.69, 9.17) is 0 Å². The summed E-state index contributed by atoms with van der Waals surface area (Å²) in [6.45, 7) is 3.32. The smallest absolute Gasteiger partial charge is 0.228 e. The molecule has 1 saturated heterocycles. The minimum Gasteiger partial charge on any atom is -0.352 e. The molecule has 2 aromatic rings. The van der Waals surface area contributed by atoms with Gasteiger partial charge in [-0.2, -0.15) is 0 Å². The second-order valence-corrected chi connectivity index (χ2v) is 9.02. The fourth-order valence-corrected chi connectivity index (χ4v) is 5.51. The molecule has 5 rings (SSSR count). The number of rotatable bonds is 6. The predicted molar refractivity (Wildman–Crippen MR) is 112 cm³/mol. The third kappa shape index (κ3) is 3.73. The van der Waals surface area contributed by atoms with E-state index in [1.165, 1.54) is 36.9 Å². The largest absolute Gasteiger partial charge is 0.352 e. The van der Waals surface area contributed by atoms with E-state index in [9.17, 15) is 4.79 Å². The lowest BCUT2D eigenvalue weighted by molar-refractivity contribution is -0.124. The molecule has 0 bridgehead atoms. The molecule has 2 saturated carbocycles. The Bertz CT molecular complexity index is 802. The first-order chi connectivity index (χ1) is 13.8. The van der Waals surface area contributed by atoms with Crippen molar-refractivity contribution in [3.63, 3.8) is 0 Å². The number of benzene rings is 2. The van der Waals surface area contributed by atoms with Gasteiger partial charge in [-0.1, -0.05) is 60.7 Å². The van der Waals surface area contributed by atoms with Gasteiger partial charge in [0.05, 0.1) is 5.92 Å². The topological polar surface area (TPSA) is 32.3 Å². The highest BCUT2D eigenvalue weighted by molar-refractivity contribution is 5.84. The van der Waals surface area contributed by atoms with Crippen LogP contribution in [0.25, 0.3) is 0 Å². The highest BCUT2D eigenvalue weighted by atomic mass is 16.2. The number of hydrogen-bond donors (Lipinski definition) is 1. The van der Waals surface area contributed by atoms with Crippen molar-refractivity contribution in [3.05, 3.63) is 71.8 Å². The van der Waals surface area contributed by atoms with Crippen molar-refractivity contribution >= 4 is 5.91 Å². The SMILES string of the molecule is O=C(N[C@H]1CC[C@@H]2CN(Cc3ccccc3)C[C@@H]21)C(c1ccccc1)C1CC1. The number of nitrogens with zero attached hydrogens (tertiary/aromatic N) is 1. The van der Waals surface area contributed by atoms with Gasteiger partial charge in [-0.25, -0.2) is 0 Å². The average Bonchev–Trinajstić information content (AvgIpc) is 3.36. The van der Waals surface area contributed by atoms with E-state index in [1.54, 1.807) is 0 Å². The summed E-state index contributed by atoms with van der Waals surface area (Å²) in [4.78, 5) is 15.8. The Morgan fingerprint density at radius 1 is 0.929 bits per heavy atom. The zero-order valence-corrected chi connectivity index (χ0v) is 16.5. The van der Waals surface area contributed by atoms with Crippen LogP contribution in [-0.2, 0) is 11.3 Å². The zero-order chi connectivity index (χ0) is 18.9. The molecule has 1 aliphatic heterocycles. The van der Waals surface area contributed by atoms with Crippen molar-refractivity contribution in [2.24, 2.45) is 17.8 Å². The van der Waals surface area contributed by atoms with Gasteiger partial charge in [0.2, 0.25) is 5.91 Å². The molecule has 1 N–H and O–H groups in total. The Morgan fingerprint density at radius 2 is 1.64 bits per heavy atom. The number of carbonyl (C=O) groups is 1. The number of fused-ring (bicyclic) bond motifs is 1. The van der Waals surface area contributed by atoms with Gasteiger partial charge in [0.1, 0.15) is 0 Å². The summed E-state index contributed by atoms with van der Waals surface area (Å²) in [5.74, 6) is 2.20. The van der Waals surface area contributed by atoms with Gasteiger partial charge in [0, 0.05) is 25.7 Å². The third-order valence-corrected chi connectivity index (χ3v) is 7.04. The Hall–Kier alpha value is -2.13. The van der Waals surface area contributed by atoms with Crippen LogP contribution in [0.4, 0.5) is 0 Å². The van der Waals surface area contributed by atoms with Crippen LogP contribution in [-0.4, -0.2) is 29.9 Å². The van der Waals surface area contributed by atoms with Gasteiger partial charge in [-0.15, -0.1) is 0 Å². The fourth-order valence-electron chi connectivity index (χ4n) is 5.51. The molecular formula is C25H30N2O. The molecule has 1 unspecified atom stereocenters. The van der Waals surface area contributed by atoms with Crippen LogP contribution in [0, 0.1) is 17.8 Å². The molecule has 1 heterocycles. The summed E-state index contributed by atoms with van der Waals surface area (Å²) in [6, 6.07) is 21.5. The van der Waals surface area contributed by atoms with Crippen LogP contribution in [0.15, 0.2) is 60.7 Å². The van der Waals surface area contributed by atoms with Crippen molar-refractivity contribution in [3.8, 4) is 0 Å². The molecule has 2 aliphatic carbocycles. The molecule has 0 radical (unpaired) electrons. The van der Waals surface area contributed by atoms with E-state index in [1.807, 2.05) is 6.07 Å². The normalized spacial score (nSPS) is 28.1. The molecule has 146 valence electrons. The molecule has 28 heavy (non-hydrogen) atoms. The average molecular weight is 375 g/mol. The van der Waals surface area contributed by atoms with E-state index in [0.29, 0.717) is 17.9 Å². The van der Waals surface area contributed by atoms with Crippen molar-refractivity contribution in [2.75, 3.05) is 13.1 Å². The van der Waals surface area contributed by atoms with Gasteiger partial charge in [-0.05, 0) is 54.6 Å². The summed E-state index contributed by atoms with van der Waals surface area (Å²) in [6.07, 6.45) is 4.77. The van der Waals surface area contributed by atoms with Crippen LogP contribution >= 0.6 is 0 Å². The first-order valence-corrected chi connectivity index (χ1v) is 10.9. The standard InChI is InChI=1S/C25H30N2O/c28-25(24(20-11-12-20)19-9-5-2-6-10-19)26-23-14-13-21-16-27(17-22(21)23)15-18-7-3-1-4-8-18/h1-10,20-24H,11-17H2,(H,26,28)/t21-,22+,23+,24?/m1/s1. The van der Waals surface area contributed by atoms with Crippen molar-refractivity contribution < 1.29 is 4.79 Å². The van der Waals surface area contributed by atoms with Crippen LogP contribution < -0.4 is 5.32 Å². The maximum absolute atomic E-state index is 13.2. The van der Waals surface area contributed by atoms with Gasteiger partial charge in [0.25, 0.3) is 0 Å². The van der Waals surface area contributed by atoms with E-state index >= 15 is 0 Å². The number of nitrogens with one attached hydrogen (secondary N) is 1. The minimum absolute atomic E-state index is 0.0436. The fraction of sp³-hybridized carbons (Fsp3) is 0.480. The summed E-state index contributed by atoms with van der Waals surface area (Å²) >= 11 is 0. The summed E-state index contributed by atoms with van der Waals surface area (Å²) in [5.41, 5.74) is 2.58. The van der Waals surface area contributed by atoms with Gasteiger partial charge < -0.3 is 5.32 Å². The lowest BCUT2D eigenvalue weighted by Gasteiger charge is -2.25. The summed E-state index contributed by atoms with van der Waals surface area (Å²) in [7, 11) is 0. The molecule has 3 fully saturated rings. The van der Waals surface area contributed by atoms with Gasteiger partial charge >= 0.3 is 0 Å². The van der Waals surface area contributed by atoms with Crippen molar-refractivity contribution in [1.82, 2.24) is 10.2 Å². The lowest BCUT2D eigenvalue weighted by atomic mass is 9.92. The molecule has 2 aromatic carbocycles. The Morgan fingerprint density at radius 3 is 2.36 bits per heavy atom. The van der Waals surface area contributed by atoms with Crippen molar-refractivity contribution in [1.29, 1.82) is 0 Å². The first-order valence-electron chi connectivity index (χ1n) is 10.9. The zero-order valence-electron chi connectivity index (χ0n) is 16.5. The maximum Gasteiger partial charge on any atom is 0.228 e. The van der Waals surface area contributed by atoms with E-state index in [2.05, 4.69) is 64.8 Å². The van der Waals surface area contributed by atoms with Crippen LogP contribution in [0.1, 0.15) is 42.7 Å². The summed E-state index contributed by atoms with van der Waals surface area (Å²) in [5, 5.41) is 3.49. The monoisotopic (exact) mass is 374 g/mol.